The van der Waals surface area contributed by atoms with Gasteiger partial charge in [0.25, 0.3) is 0 Å². The number of carboxylic acids is 1. The predicted molar refractivity (Wildman–Crippen MR) is 73.2 cm³/mol. The average molecular weight is 263 g/mol. The Kier molecular flexibility index (Phi) is 4.56. The monoisotopic (exact) mass is 263 g/mol. The first-order chi connectivity index (χ1) is 9.13. The second kappa shape index (κ2) is 6.17. The van der Waals surface area contributed by atoms with Crippen LogP contribution in [0.5, 0.6) is 0 Å². The number of rotatable bonds is 5. The first-order valence-electron chi connectivity index (χ1n) is 6.73. The molecule has 0 aromatic heterocycles. The molecule has 4 heteroatoms. The summed E-state index contributed by atoms with van der Waals surface area (Å²) in [4.78, 5) is 13.7. The molecule has 104 valence electrons. The molecule has 1 saturated heterocycles. The Morgan fingerprint density at radius 3 is 2.53 bits per heavy atom. The van der Waals surface area contributed by atoms with E-state index in [1.165, 1.54) is 5.56 Å². The molecule has 4 nitrogen and oxygen atoms in total. The molecule has 0 radical (unpaired) electrons. The minimum Gasteiger partial charge on any atom is -0.480 e. The van der Waals surface area contributed by atoms with E-state index in [0.29, 0.717) is 32.7 Å². The fourth-order valence-corrected chi connectivity index (χ4v) is 2.49. The van der Waals surface area contributed by atoms with Crippen molar-refractivity contribution in [2.24, 2.45) is 0 Å². The lowest BCUT2D eigenvalue weighted by Crippen LogP contribution is -2.56. The number of carboxylic acid groups (broad SMARTS) is 1. The van der Waals surface area contributed by atoms with Crippen LogP contribution in [0.2, 0.25) is 0 Å². The molecule has 1 atom stereocenters. The molecule has 1 aliphatic heterocycles. The zero-order valence-electron chi connectivity index (χ0n) is 11.3. The highest BCUT2D eigenvalue weighted by Gasteiger charge is 2.39. The van der Waals surface area contributed by atoms with Gasteiger partial charge in [-0.15, -0.1) is 0 Å². The topological polar surface area (TPSA) is 49.8 Å². The zero-order valence-corrected chi connectivity index (χ0v) is 11.3. The Bertz CT molecular complexity index is 415. The summed E-state index contributed by atoms with van der Waals surface area (Å²) >= 11 is 0. The normalized spacial score (nSPS) is 19.8. The summed E-state index contributed by atoms with van der Waals surface area (Å²) < 4.78 is 5.30. The van der Waals surface area contributed by atoms with Crippen molar-refractivity contribution in [2.75, 3.05) is 26.3 Å². The van der Waals surface area contributed by atoms with Crippen LogP contribution in [0.1, 0.15) is 18.9 Å². The molecule has 1 fully saturated rings. The molecular weight excluding hydrogens is 242 g/mol. The van der Waals surface area contributed by atoms with E-state index in [4.69, 9.17) is 4.74 Å². The van der Waals surface area contributed by atoms with Crippen molar-refractivity contribution >= 4 is 5.97 Å². The van der Waals surface area contributed by atoms with E-state index in [-0.39, 0.29) is 0 Å². The Morgan fingerprint density at radius 1 is 1.32 bits per heavy atom. The average Bonchev–Trinajstić information content (AvgIpc) is 2.46. The largest absolute Gasteiger partial charge is 0.480 e. The summed E-state index contributed by atoms with van der Waals surface area (Å²) in [6, 6.07) is 10.0. The molecule has 1 N–H and O–H groups in total. The molecule has 0 amide bonds. The third-order valence-electron chi connectivity index (χ3n) is 3.91. The van der Waals surface area contributed by atoms with Crippen LogP contribution in [0.15, 0.2) is 30.3 Å². The van der Waals surface area contributed by atoms with Gasteiger partial charge in [-0.05, 0) is 25.3 Å². The quantitative estimate of drug-likeness (QED) is 0.880. The summed E-state index contributed by atoms with van der Waals surface area (Å²) in [5, 5.41) is 9.58. The van der Waals surface area contributed by atoms with Crippen LogP contribution in [0.25, 0.3) is 0 Å². The second-order valence-corrected chi connectivity index (χ2v) is 5.16. The maximum Gasteiger partial charge on any atom is 0.323 e. The van der Waals surface area contributed by atoms with Crippen molar-refractivity contribution in [3.05, 3.63) is 35.9 Å². The van der Waals surface area contributed by atoms with Gasteiger partial charge in [0.2, 0.25) is 0 Å². The van der Waals surface area contributed by atoms with Crippen molar-refractivity contribution in [1.82, 2.24) is 4.90 Å². The lowest BCUT2D eigenvalue weighted by molar-refractivity contribution is -0.154. The van der Waals surface area contributed by atoms with Crippen molar-refractivity contribution in [3.8, 4) is 0 Å². The molecule has 1 unspecified atom stereocenters. The van der Waals surface area contributed by atoms with E-state index < -0.39 is 11.5 Å². The van der Waals surface area contributed by atoms with E-state index in [2.05, 4.69) is 0 Å². The van der Waals surface area contributed by atoms with Gasteiger partial charge in [-0.1, -0.05) is 30.3 Å². The summed E-state index contributed by atoms with van der Waals surface area (Å²) in [6.45, 7) is 4.45. The molecule has 0 bridgehead atoms. The molecule has 2 rings (SSSR count). The van der Waals surface area contributed by atoms with E-state index in [0.717, 1.165) is 6.42 Å². The second-order valence-electron chi connectivity index (χ2n) is 5.16. The van der Waals surface area contributed by atoms with Crippen molar-refractivity contribution in [1.29, 1.82) is 0 Å². The summed E-state index contributed by atoms with van der Waals surface area (Å²) in [7, 11) is 0. The lowest BCUT2D eigenvalue weighted by Gasteiger charge is -2.40. The van der Waals surface area contributed by atoms with E-state index in [9.17, 15) is 9.90 Å². The third-order valence-corrected chi connectivity index (χ3v) is 3.91. The molecule has 19 heavy (non-hydrogen) atoms. The van der Waals surface area contributed by atoms with Crippen molar-refractivity contribution in [2.45, 2.75) is 25.3 Å². The number of nitrogens with zero attached hydrogens (tertiary/aromatic N) is 1. The number of aliphatic carboxylic acids is 1. The minimum atomic E-state index is -0.806. The smallest absolute Gasteiger partial charge is 0.323 e. The molecule has 0 spiro atoms. The maximum absolute atomic E-state index is 11.7. The van der Waals surface area contributed by atoms with Gasteiger partial charge in [-0.2, -0.15) is 0 Å². The predicted octanol–water partition coefficient (Wildman–Crippen LogP) is 1.79. The van der Waals surface area contributed by atoms with Gasteiger partial charge in [0.15, 0.2) is 0 Å². The maximum atomic E-state index is 11.7. The highest BCUT2D eigenvalue weighted by Crippen LogP contribution is 2.23. The first-order valence-corrected chi connectivity index (χ1v) is 6.73. The molecule has 1 aromatic rings. The SMILES string of the molecule is CC(CCc1ccccc1)(C(=O)O)N1CCOCC1. The Morgan fingerprint density at radius 2 is 1.95 bits per heavy atom. The zero-order chi connectivity index (χ0) is 13.7. The van der Waals surface area contributed by atoms with Crippen LogP contribution >= 0.6 is 0 Å². The Hall–Kier alpha value is -1.39. The van der Waals surface area contributed by atoms with Gasteiger partial charge in [0.05, 0.1) is 13.2 Å². The number of hydrogen-bond donors (Lipinski definition) is 1. The lowest BCUT2D eigenvalue weighted by atomic mass is 9.91. The van der Waals surface area contributed by atoms with Crippen molar-refractivity contribution < 1.29 is 14.6 Å². The number of morpholine rings is 1. The van der Waals surface area contributed by atoms with Crippen LogP contribution in [-0.2, 0) is 16.0 Å². The first kappa shape index (κ1) is 14.0. The van der Waals surface area contributed by atoms with Gasteiger partial charge >= 0.3 is 5.97 Å². The van der Waals surface area contributed by atoms with E-state index in [1.807, 2.05) is 42.2 Å². The van der Waals surface area contributed by atoms with E-state index in [1.54, 1.807) is 0 Å². The minimum absolute atomic E-state index is 0.617. The van der Waals surface area contributed by atoms with Crippen LogP contribution in [0, 0.1) is 0 Å². The molecule has 1 aromatic carbocycles. The van der Waals surface area contributed by atoms with Gasteiger partial charge in [0, 0.05) is 13.1 Å². The Balaban J connectivity index is 2.04. The number of ether oxygens (including phenoxy) is 1. The standard InChI is InChI=1S/C15H21NO3/c1-15(14(17)18,16-9-11-19-12-10-16)8-7-13-5-3-2-4-6-13/h2-6H,7-12H2,1H3,(H,17,18). The van der Waals surface area contributed by atoms with Gasteiger partial charge < -0.3 is 9.84 Å². The number of carbonyl (C=O) groups is 1. The Labute approximate surface area is 114 Å². The number of hydrogen-bond acceptors (Lipinski definition) is 3. The molecule has 0 saturated carbocycles. The van der Waals surface area contributed by atoms with Crippen molar-refractivity contribution in [3.63, 3.8) is 0 Å². The van der Waals surface area contributed by atoms with E-state index >= 15 is 0 Å². The fourth-order valence-electron chi connectivity index (χ4n) is 2.49. The number of aryl methyl sites for hydroxylation is 1. The molecular formula is C15H21NO3. The van der Waals surface area contributed by atoms with Gasteiger partial charge in [-0.3, -0.25) is 9.69 Å². The summed E-state index contributed by atoms with van der Waals surface area (Å²) in [5.74, 6) is -0.745. The highest BCUT2D eigenvalue weighted by molar-refractivity contribution is 5.78. The van der Waals surface area contributed by atoms with Crippen LogP contribution in [-0.4, -0.2) is 47.8 Å². The van der Waals surface area contributed by atoms with Gasteiger partial charge in [-0.25, -0.2) is 0 Å². The van der Waals surface area contributed by atoms with Crippen LogP contribution in [0.4, 0.5) is 0 Å². The third kappa shape index (κ3) is 3.33. The molecule has 1 aliphatic rings. The number of benzene rings is 1. The molecule has 0 aliphatic carbocycles. The fraction of sp³-hybridized carbons (Fsp3) is 0.533. The van der Waals surface area contributed by atoms with Crippen LogP contribution in [0.3, 0.4) is 0 Å². The summed E-state index contributed by atoms with van der Waals surface area (Å²) in [5.41, 5.74) is 0.378. The van der Waals surface area contributed by atoms with Crippen LogP contribution < -0.4 is 0 Å². The van der Waals surface area contributed by atoms with Gasteiger partial charge in [0.1, 0.15) is 5.54 Å². The summed E-state index contributed by atoms with van der Waals surface area (Å²) in [6.07, 6.45) is 1.40. The highest BCUT2D eigenvalue weighted by atomic mass is 16.5. The molecule has 1 heterocycles.